The molecule has 0 saturated heterocycles. The first-order chi connectivity index (χ1) is 11.3. The fraction of sp³-hybridized carbons (Fsp3) is 0.217. The number of hydrogen-bond donors (Lipinski definition) is 0. The van der Waals surface area contributed by atoms with Crippen LogP contribution in [0.25, 0.3) is 0 Å². The molecule has 0 aliphatic carbocycles. The van der Waals surface area contributed by atoms with Gasteiger partial charge in [0.25, 0.3) is 0 Å². The molecule has 3 aromatic rings. The van der Waals surface area contributed by atoms with Crippen LogP contribution in [0.15, 0.2) is 78.9 Å². The van der Waals surface area contributed by atoms with Gasteiger partial charge in [-0.15, -0.1) is 0 Å². The van der Waals surface area contributed by atoms with Crippen LogP contribution in [-0.2, 0) is 12.8 Å². The molecule has 0 heterocycles. The van der Waals surface area contributed by atoms with E-state index in [0.29, 0.717) is 5.92 Å². The van der Waals surface area contributed by atoms with E-state index in [1.165, 1.54) is 27.8 Å². The van der Waals surface area contributed by atoms with Gasteiger partial charge in [-0.2, -0.15) is 0 Å². The summed E-state index contributed by atoms with van der Waals surface area (Å²) in [7, 11) is 0. The van der Waals surface area contributed by atoms with Crippen LogP contribution in [0.5, 0.6) is 0 Å². The summed E-state index contributed by atoms with van der Waals surface area (Å²) in [4.78, 5) is 0. The fourth-order valence-electron chi connectivity index (χ4n) is 3.45. The van der Waals surface area contributed by atoms with Crippen molar-refractivity contribution in [3.63, 3.8) is 0 Å². The minimum Gasteiger partial charge on any atom is -0.0622 e. The minimum absolute atomic E-state index is 0.309. The molecule has 0 amide bonds. The third-order valence-corrected chi connectivity index (χ3v) is 4.63. The lowest BCUT2D eigenvalue weighted by molar-refractivity contribution is 0.912. The summed E-state index contributed by atoms with van der Waals surface area (Å²) in [5.41, 5.74) is 7.11. The average Bonchev–Trinajstić information content (AvgIpc) is 2.64. The molecule has 0 radical (unpaired) electrons. The van der Waals surface area contributed by atoms with Crippen LogP contribution in [0.2, 0.25) is 0 Å². The lowest BCUT2D eigenvalue weighted by Gasteiger charge is -2.24. The van der Waals surface area contributed by atoms with Gasteiger partial charge in [-0.25, -0.2) is 0 Å². The Morgan fingerprint density at radius 1 is 0.565 bits per heavy atom. The Labute approximate surface area is 139 Å². The third kappa shape index (κ3) is 3.22. The zero-order chi connectivity index (χ0) is 16.1. The van der Waals surface area contributed by atoms with E-state index in [2.05, 4.69) is 92.7 Å². The topological polar surface area (TPSA) is 0 Å². The van der Waals surface area contributed by atoms with Gasteiger partial charge in [0.2, 0.25) is 0 Å². The second-order valence-electron chi connectivity index (χ2n) is 5.95. The lowest BCUT2D eigenvalue weighted by atomic mass is 9.80. The van der Waals surface area contributed by atoms with E-state index in [1.807, 2.05) is 0 Å². The van der Waals surface area contributed by atoms with Crippen molar-refractivity contribution in [2.45, 2.75) is 32.6 Å². The molecule has 0 unspecified atom stereocenters. The predicted octanol–water partition coefficient (Wildman–Crippen LogP) is 5.99. The molecule has 0 bridgehead atoms. The standard InChI is InChI=1S/C23H24/c1-3-18-12-8-10-16-21(18)23(20-14-6-5-7-15-20)22-17-11-9-13-19(22)4-2/h5-17,23H,3-4H2,1-2H3. The molecule has 23 heavy (non-hydrogen) atoms. The maximum absolute atomic E-state index is 2.29. The first-order valence-corrected chi connectivity index (χ1v) is 8.55. The van der Waals surface area contributed by atoms with Crippen molar-refractivity contribution in [1.82, 2.24) is 0 Å². The van der Waals surface area contributed by atoms with Gasteiger partial charge in [0, 0.05) is 5.92 Å². The highest BCUT2D eigenvalue weighted by molar-refractivity contribution is 5.49. The molecule has 0 saturated carbocycles. The molecule has 0 fully saturated rings. The van der Waals surface area contributed by atoms with Crippen molar-refractivity contribution in [1.29, 1.82) is 0 Å². The van der Waals surface area contributed by atoms with E-state index in [1.54, 1.807) is 0 Å². The minimum atomic E-state index is 0.309. The van der Waals surface area contributed by atoms with Gasteiger partial charge in [-0.3, -0.25) is 0 Å². The van der Waals surface area contributed by atoms with Gasteiger partial charge < -0.3 is 0 Å². The van der Waals surface area contributed by atoms with Gasteiger partial charge in [0.1, 0.15) is 0 Å². The molecule has 116 valence electrons. The molecule has 3 aromatic carbocycles. The molecule has 0 N–H and O–H groups in total. The van der Waals surface area contributed by atoms with E-state index in [9.17, 15) is 0 Å². The van der Waals surface area contributed by atoms with E-state index in [0.717, 1.165) is 12.8 Å². The Balaban J connectivity index is 2.23. The summed E-state index contributed by atoms with van der Waals surface area (Å²) in [6.07, 6.45) is 2.13. The molecule has 3 rings (SSSR count). The SMILES string of the molecule is CCc1ccccc1C(c1ccccc1)c1ccccc1CC. The van der Waals surface area contributed by atoms with Crippen LogP contribution < -0.4 is 0 Å². The number of rotatable bonds is 5. The summed E-state index contributed by atoms with van der Waals surface area (Å²) in [6, 6.07) is 28.6. The van der Waals surface area contributed by atoms with Crippen molar-refractivity contribution in [2.24, 2.45) is 0 Å². The first-order valence-electron chi connectivity index (χ1n) is 8.55. The summed E-state index contributed by atoms with van der Waals surface area (Å²) in [5, 5.41) is 0. The van der Waals surface area contributed by atoms with E-state index in [4.69, 9.17) is 0 Å². The second kappa shape index (κ2) is 7.28. The van der Waals surface area contributed by atoms with Gasteiger partial charge in [0.15, 0.2) is 0 Å². The Morgan fingerprint density at radius 2 is 1.00 bits per heavy atom. The Morgan fingerprint density at radius 3 is 1.48 bits per heavy atom. The molecule has 0 aliphatic heterocycles. The fourth-order valence-corrected chi connectivity index (χ4v) is 3.45. The van der Waals surface area contributed by atoms with E-state index < -0.39 is 0 Å². The highest BCUT2D eigenvalue weighted by Gasteiger charge is 2.20. The molecule has 0 aromatic heterocycles. The zero-order valence-electron chi connectivity index (χ0n) is 14.0. The Kier molecular flexibility index (Phi) is 4.92. The predicted molar refractivity (Wildman–Crippen MR) is 99.0 cm³/mol. The molecule has 0 nitrogen and oxygen atoms in total. The largest absolute Gasteiger partial charge is 0.0622 e. The van der Waals surface area contributed by atoms with Crippen LogP contribution in [0.3, 0.4) is 0 Å². The van der Waals surface area contributed by atoms with Crippen LogP contribution in [0, 0.1) is 0 Å². The molecular formula is C23H24. The van der Waals surface area contributed by atoms with Crippen molar-refractivity contribution < 1.29 is 0 Å². The Bertz CT molecular complexity index is 708. The van der Waals surface area contributed by atoms with Gasteiger partial charge in [-0.05, 0) is 40.7 Å². The van der Waals surface area contributed by atoms with E-state index in [-0.39, 0.29) is 0 Å². The smallest absolute Gasteiger partial charge is 0.0345 e. The highest BCUT2D eigenvalue weighted by Crippen LogP contribution is 2.35. The van der Waals surface area contributed by atoms with Crippen molar-refractivity contribution in [2.75, 3.05) is 0 Å². The van der Waals surface area contributed by atoms with Crippen LogP contribution in [-0.4, -0.2) is 0 Å². The lowest BCUT2D eigenvalue weighted by Crippen LogP contribution is -2.08. The van der Waals surface area contributed by atoms with Crippen molar-refractivity contribution >= 4 is 0 Å². The van der Waals surface area contributed by atoms with Gasteiger partial charge in [-0.1, -0.05) is 92.7 Å². The average molecular weight is 300 g/mol. The molecule has 0 heteroatoms. The van der Waals surface area contributed by atoms with Crippen molar-refractivity contribution in [3.8, 4) is 0 Å². The molecule has 0 spiro atoms. The quantitative estimate of drug-likeness (QED) is 0.508. The summed E-state index contributed by atoms with van der Waals surface area (Å²) >= 11 is 0. The number of benzene rings is 3. The van der Waals surface area contributed by atoms with Gasteiger partial charge >= 0.3 is 0 Å². The van der Waals surface area contributed by atoms with Crippen LogP contribution in [0.1, 0.15) is 47.6 Å². The molecule has 0 atom stereocenters. The highest BCUT2D eigenvalue weighted by atomic mass is 14.2. The number of aryl methyl sites for hydroxylation is 2. The summed E-state index contributed by atoms with van der Waals surface area (Å²) < 4.78 is 0. The summed E-state index contributed by atoms with van der Waals surface area (Å²) in [5.74, 6) is 0.309. The van der Waals surface area contributed by atoms with Crippen LogP contribution in [0.4, 0.5) is 0 Å². The monoisotopic (exact) mass is 300 g/mol. The second-order valence-corrected chi connectivity index (χ2v) is 5.95. The van der Waals surface area contributed by atoms with Crippen LogP contribution >= 0.6 is 0 Å². The molecule has 0 aliphatic rings. The molecular weight excluding hydrogens is 276 g/mol. The maximum atomic E-state index is 2.29. The third-order valence-electron chi connectivity index (χ3n) is 4.63. The van der Waals surface area contributed by atoms with E-state index >= 15 is 0 Å². The number of hydrogen-bond acceptors (Lipinski definition) is 0. The van der Waals surface area contributed by atoms with Crippen molar-refractivity contribution in [3.05, 3.63) is 107 Å². The first kappa shape index (κ1) is 15.6. The normalized spacial score (nSPS) is 10.9. The van der Waals surface area contributed by atoms with Gasteiger partial charge in [0.05, 0.1) is 0 Å². The summed E-state index contributed by atoms with van der Waals surface area (Å²) in [6.45, 7) is 4.49. The Hall–Kier alpha value is -2.34. The zero-order valence-corrected chi connectivity index (χ0v) is 14.0. The maximum Gasteiger partial charge on any atom is 0.0345 e.